The van der Waals surface area contributed by atoms with Gasteiger partial charge in [-0.25, -0.2) is 9.97 Å². The number of hydrogen-bond acceptors (Lipinski definition) is 4. The Hall–Kier alpha value is -1.49. The minimum absolute atomic E-state index is 0. The molecule has 0 atom stereocenters. The van der Waals surface area contributed by atoms with Gasteiger partial charge in [-0.3, -0.25) is 0 Å². The molecule has 1 saturated carbocycles. The molecule has 2 aromatic rings. The molecule has 0 saturated heterocycles. The van der Waals surface area contributed by atoms with Gasteiger partial charge in [-0.15, -0.1) is 0 Å². The summed E-state index contributed by atoms with van der Waals surface area (Å²) in [5.41, 5.74) is 1.06. The summed E-state index contributed by atoms with van der Waals surface area (Å²) in [6.45, 7) is 16.2. The van der Waals surface area contributed by atoms with Crippen LogP contribution in [0.3, 0.4) is 0 Å². The van der Waals surface area contributed by atoms with Gasteiger partial charge < -0.3 is 23.1 Å². The largest absolute Gasteiger partial charge is 0.493 e. The third-order valence-electron chi connectivity index (χ3n) is 5.88. The predicted molar refractivity (Wildman–Crippen MR) is 123 cm³/mol. The first-order valence-corrected chi connectivity index (χ1v) is 10.0. The second kappa shape index (κ2) is 16.2. The van der Waals surface area contributed by atoms with Crippen LogP contribution in [0.2, 0.25) is 0 Å². The van der Waals surface area contributed by atoms with Crippen LogP contribution in [0.25, 0.3) is 11.4 Å². The van der Waals surface area contributed by atoms with Crippen molar-refractivity contribution in [2.75, 3.05) is 0 Å². The molecular weight excluding hydrogens is 556 g/mol. The first kappa shape index (κ1) is 33.2. The van der Waals surface area contributed by atoms with Crippen molar-refractivity contribution >= 4 is 0 Å². The summed E-state index contributed by atoms with van der Waals surface area (Å²) in [5, 5.41) is 18.3. The van der Waals surface area contributed by atoms with Gasteiger partial charge in [0.25, 0.3) is 0 Å². The van der Waals surface area contributed by atoms with E-state index in [9.17, 15) is 0 Å². The Kier molecular flexibility index (Phi) is 17.9. The second-order valence-corrected chi connectivity index (χ2v) is 7.76. The van der Waals surface area contributed by atoms with Gasteiger partial charge in [0.2, 0.25) is 11.8 Å². The smallest absolute Gasteiger partial charge is 0.211 e. The average Bonchev–Trinajstić information content (AvgIpc) is 2.81. The summed E-state index contributed by atoms with van der Waals surface area (Å²) in [7, 11) is 0. The van der Waals surface area contributed by atoms with E-state index in [0.717, 1.165) is 29.6 Å². The molecule has 4 N–H and O–H groups in total. The maximum atomic E-state index is 9.14. The predicted octanol–water partition coefficient (Wildman–Crippen LogP) is 5.77. The van der Waals surface area contributed by atoms with Crippen LogP contribution in [0.5, 0.6) is 11.8 Å². The Morgan fingerprint density at radius 1 is 0.667 bits per heavy atom. The molecule has 0 bridgehead atoms. The SMILES string of the molecule is CC1C(C)C(C)C(C)C1C.CCC.O.Oc1cccc(-c2cccc(O)n2)n1.[CH3-].[Ir]. The van der Waals surface area contributed by atoms with E-state index in [2.05, 4.69) is 58.4 Å². The number of rotatable bonds is 1. The molecule has 1 radical (unpaired) electrons. The molecule has 0 amide bonds. The number of hydrogen-bond donors (Lipinski definition) is 2. The Morgan fingerprint density at radius 3 is 1.10 bits per heavy atom. The standard InChI is InChI=1S/C10H8N2O2.C10H20.C3H8.CH3.Ir.H2O/c13-9-5-1-3-7(11-9)8-4-2-6-10(14)12-8;1-6-7(2)9(4)10(5)8(6)3;1-3-2;;;/h1-6H,(H,11,13)(H,12,14);6-10H,1-5H3;3H2,1-2H3;1H3;;1H2/q;;;-1;;. The summed E-state index contributed by atoms with van der Waals surface area (Å²) in [4.78, 5) is 7.73. The minimum atomic E-state index is -0.0624. The van der Waals surface area contributed by atoms with E-state index in [4.69, 9.17) is 10.2 Å². The van der Waals surface area contributed by atoms with Gasteiger partial charge in [0.15, 0.2) is 0 Å². The van der Waals surface area contributed by atoms with Gasteiger partial charge in [-0.05, 0) is 41.7 Å². The molecule has 2 heterocycles. The van der Waals surface area contributed by atoms with Crippen molar-refractivity contribution in [3.05, 3.63) is 43.8 Å². The van der Waals surface area contributed by atoms with Crippen molar-refractivity contribution < 1.29 is 35.8 Å². The molecule has 0 unspecified atom stereocenters. The fourth-order valence-corrected chi connectivity index (χ4v) is 3.53. The average molecular weight is 598 g/mol. The molecule has 175 valence electrons. The van der Waals surface area contributed by atoms with E-state index < -0.39 is 0 Å². The summed E-state index contributed by atoms with van der Waals surface area (Å²) in [6.07, 6.45) is 1.25. The van der Waals surface area contributed by atoms with Crippen molar-refractivity contribution in [3.63, 3.8) is 0 Å². The van der Waals surface area contributed by atoms with Gasteiger partial charge in [0, 0.05) is 32.2 Å². The molecule has 0 aromatic carbocycles. The van der Waals surface area contributed by atoms with E-state index in [1.165, 1.54) is 18.6 Å². The third kappa shape index (κ3) is 9.55. The van der Waals surface area contributed by atoms with Crippen LogP contribution < -0.4 is 0 Å². The Balaban J connectivity index is -0.000000408. The molecule has 3 rings (SSSR count). The monoisotopic (exact) mass is 598 g/mol. The zero-order chi connectivity index (χ0) is 20.6. The summed E-state index contributed by atoms with van der Waals surface area (Å²) in [5.74, 6) is 4.55. The zero-order valence-corrected chi connectivity index (χ0v) is 22.1. The third-order valence-corrected chi connectivity index (χ3v) is 5.88. The first-order chi connectivity index (χ1) is 12.7. The Bertz CT molecular complexity index is 611. The van der Waals surface area contributed by atoms with Crippen LogP contribution in [0, 0.1) is 37.0 Å². The van der Waals surface area contributed by atoms with Gasteiger partial charge in [-0.2, -0.15) is 0 Å². The fourth-order valence-electron chi connectivity index (χ4n) is 3.53. The van der Waals surface area contributed by atoms with Crippen LogP contribution in [0.15, 0.2) is 36.4 Å². The number of aromatic hydroxyl groups is 2. The first-order valence-electron chi connectivity index (χ1n) is 10.0. The van der Waals surface area contributed by atoms with Crippen LogP contribution in [0.1, 0.15) is 54.9 Å². The fraction of sp³-hybridized carbons (Fsp3) is 0.542. The molecule has 0 spiro atoms. The van der Waals surface area contributed by atoms with Crippen LogP contribution in [-0.2, 0) is 20.1 Å². The van der Waals surface area contributed by atoms with Gasteiger partial charge in [0.1, 0.15) is 0 Å². The van der Waals surface area contributed by atoms with Crippen molar-refractivity contribution in [1.29, 1.82) is 0 Å². The second-order valence-electron chi connectivity index (χ2n) is 7.76. The van der Waals surface area contributed by atoms with Crippen LogP contribution in [0.4, 0.5) is 0 Å². The number of nitrogens with zero attached hydrogens (tertiary/aromatic N) is 2. The summed E-state index contributed by atoms with van der Waals surface area (Å²) < 4.78 is 0. The number of pyridine rings is 2. The van der Waals surface area contributed by atoms with E-state index in [1.807, 2.05) is 0 Å². The van der Waals surface area contributed by atoms with Crippen LogP contribution >= 0.6 is 0 Å². The summed E-state index contributed by atoms with van der Waals surface area (Å²) in [6, 6.07) is 9.72. The van der Waals surface area contributed by atoms with Gasteiger partial charge in [0.05, 0.1) is 11.4 Å². The Morgan fingerprint density at radius 2 is 0.900 bits per heavy atom. The van der Waals surface area contributed by atoms with E-state index in [1.54, 1.807) is 24.3 Å². The van der Waals surface area contributed by atoms with Crippen LogP contribution in [-0.4, -0.2) is 25.7 Å². The molecule has 1 fully saturated rings. The maximum Gasteiger partial charge on any atom is 0.211 e. The molecule has 2 aromatic heterocycles. The molecule has 5 nitrogen and oxygen atoms in total. The maximum absolute atomic E-state index is 9.14. The van der Waals surface area contributed by atoms with Crippen molar-refractivity contribution in [2.24, 2.45) is 29.6 Å². The number of aromatic nitrogens is 2. The quantitative estimate of drug-likeness (QED) is 0.408. The van der Waals surface area contributed by atoms with Crippen molar-refractivity contribution in [1.82, 2.24) is 9.97 Å². The molecular formula is C24H41IrN2O3-. The van der Waals surface area contributed by atoms with E-state index in [0.29, 0.717) is 11.4 Å². The minimum Gasteiger partial charge on any atom is -0.493 e. The van der Waals surface area contributed by atoms with E-state index in [-0.39, 0.29) is 44.8 Å². The molecule has 6 heteroatoms. The van der Waals surface area contributed by atoms with Crippen molar-refractivity contribution in [2.45, 2.75) is 54.9 Å². The molecule has 30 heavy (non-hydrogen) atoms. The Labute approximate surface area is 197 Å². The van der Waals surface area contributed by atoms with Crippen molar-refractivity contribution in [3.8, 4) is 23.1 Å². The zero-order valence-electron chi connectivity index (χ0n) is 19.7. The van der Waals surface area contributed by atoms with E-state index >= 15 is 0 Å². The van der Waals surface area contributed by atoms with Gasteiger partial charge in [-0.1, -0.05) is 67.0 Å². The normalized spacial score (nSPS) is 23.8. The molecule has 1 aliphatic rings. The molecule has 0 aliphatic heterocycles. The summed E-state index contributed by atoms with van der Waals surface area (Å²) >= 11 is 0. The van der Waals surface area contributed by atoms with Gasteiger partial charge >= 0.3 is 0 Å². The molecule has 1 aliphatic carbocycles. The topological polar surface area (TPSA) is 97.7 Å².